The van der Waals surface area contributed by atoms with E-state index < -0.39 is 5.91 Å². The molecule has 208 valence electrons. The Hall–Kier alpha value is -3.46. The summed E-state index contributed by atoms with van der Waals surface area (Å²) in [5.74, 6) is 0.710. The molecule has 3 aliphatic rings. The molecule has 39 heavy (non-hydrogen) atoms. The number of fused-ring (bicyclic) bond motifs is 1. The molecule has 4 N–H and O–H groups in total. The molecule has 0 spiro atoms. The molecule has 3 unspecified atom stereocenters. The van der Waals surface area contributed by atoms with Gasteiger partial charge in [0.25, 0.3) is 11.8 Å². The fourth-order valence-corrected chi connectivity index (χ4v) is 6.72. The Bertz CT molecular complexity index is 1250. The van der Waals surface area contributed by atoms with Crippen molar-refractivity contribution < 1.29 is 14.4 Å². The second-order valence-corrected chi connectivity index (χ2v) is 11.6. The third-order valence-electron chi connectivity index (χ3n) is 8.71. The molecule has 1 aromatic carbocycles. The molecule has 5 rings (SSSR count). The summed E-state index contributed by atoms with van der Waals surface area (Å²) in [6, 6.07) is 7.85. The van der Waals surface area contributed by atoms with Gasteiger partial charge in [0.15, 0.2) is 0 Å². The summed E-state index contributed by atoms with van der Waals surface area (Å²) in [4.78, 5) is 46.9. The monoisotopic (exact) mass is 532 g/mol. The highest BCUT2D eigenvalue weighted by atomic mass is 16.2. The first-order chi connectivity index (χ1) is 18.7. The summed E-state index contributed by atoms with van der Waals surface area (Å²) >= 11 is 0. The fraction of sp³-hybridized carbons (Fsp3) is 0.533. The molecule has 1 aromatic heterocycles. The number of nitrogens with one attached hydrogen (secondary N) is 2. The Balaban J connectivity index is 1.22. The van der Waals surface area contributed by atoms with Gasteiger partial charge in [-0.3, -0.25) is 14.4 Å². The van der Waals surface area contributed by atoms with Crippen LogP contribution in [0, 0.1) is 19.8 Å². The van der Waals surface area contributed by atoms with E-state index in [1.54, 1.807) is 25.3 Å². The van der Waals surface area contributed by atoms with Crippen LogP contribution in [0.3, 0.4) is 0 Å². The second-order valence-electron chi connectivity index (χ2n) is 11.6. The van der Waals surface area contributed by atoms with Crippen molar-refractivity contribution in [3.63, 3.8) is 0 Å². The van der Waals surface area contributed by atoms with Crippen LogP contribution < -0.4 is 21.3 Å². The number of hydrogen-bond acceptors (Lipinski definition) is 6. The van der Waals surface area contributed by atoms with Crippen molar-refractivity contribution in [3.05, 3.63) is 58.3 Å². The molecule has 9 nitrogen and oxygen atoms in total. The standard InChI is InChI=1S/C30H40N6O3/c1-18-13-25(19(2)12-24(18)28(31)37)30(39)34-23-14-20-6-4-11-36(26(20)15-23)27-9-8-21(16-32-27)29(38)33-22-7-5-10-35(3)17-22/h8-9,12-13,16,20,22-23,26H,4-7,10-11,14-15,17H2,1-3H3,(H2,31,37)(H,33,38)(H,34,39)/t20?,22-,23?,26?/m0/s1. The van der Waals surface area contributed by atoms with Crippen LogP contribution in [-0.2, 0) is 0 Å². The van der Waals surface area contributed by atoms with Crippen molar-refractivity contribution in [1.82, 2.24) is 20.5 Å². The maximum absolute atomic E-state index is 13.2. The van der Waals surface area contributed by atoms with Gasteiger partial charge in [-0.15, -0.1) is 0 Å². The number of rotatable bonds is 6. The average Bonchev–Trinajstić information content (AvgIpc) is 3.32. The summed E-state index contributed by atoms with van der Waals surface area (Å²) in [6.07, 6.45) is 7.79. The zero-order valence-corrected chi connectivity index (χ0v) is 23.2. The van der Waals surface area contributed by atoms with Gasteiger partial charge in [-0.05, 0) is 107 Å². The average molecular weight is 533 g/mol. The molecule has 1 saturated carbocycles. The van der Waals surface area contributed by atoms with E-state index >= 15 is 0 Å². The minimum atomic E-state index is -0.484. The van der Waals surface area contributed by atoms with Gasteiger partial charge < -0.3 is 26.2 Å². The predicted octanol–water partition coefficient (Wildman–Crippen LogP) is 2.80. The molecule has 4 atom stereocenters. The molecule has 3 amide bonds. The van der Waals surface area contributed by atoms with Crippen LogP contribution in [0.1, 0.15) is 80.7 Å². The lowest BCUT2D eigenvalue weighted by molar-refractivity contribution is 0.0909. The lowest BCUT2D eigenvalue weighted by atomic mass is 9.92. The molecule has 2 aromatic rings. The van der Waals surface area contributed by atoms with Gasteiger partial charge in [-0.1, -0.05) is 0 Å². The Labute approximate surface area is 230 Å². The van der Waals surface area contributed by atoms with Crippen LogP contribution >= 0.6 is 0 Å². The van der Waals surface area contributed by atoms with E-state index in [1.807, 2.05) is 19.1 Å². The van der Waals surface area contributed by atoms with E-state index in [9.17, 15) is 14.4 Å². The minimum absolute atomic E-state index is 0.0658. The van der Waals surface area contributed by atoms with Crippen LogP contribution in [0.2, 0.25) is 0 Å². The Kier molecular flexibility index (Phi) is 7.88. The van der Waals surface area contributed by atoms with Gasteiger partial charge in [0.2, 0.25) is 5.91 Å². The lowest BCUT2D eigenvalue weighted by Gasteiger charge is -2.38. The molecule has 0 bridgehead atoms. The molecule has 1 aliphatic carbocycles. The number of nitrogens with two attached hydrogens (primary N) is 1. The number of pyridine rings is 1. The number of aryl methyl sites for hydroxylation is 2. The normalized spacial score (nSPS) is 25.2. The summed E-state index contributed by atoms with van der Waals surface area (Å²) in [7, 11) is 2.09. The highest BCUT2D eigenvalue weighted by Gasteiger charge is 2.41. The molecule has 3 fully saturated rings. The minimum Gasteiger partial charge on any atom is -0.366 e. The Morgan fingerprint density at radius 2 is 1.64 bits per heavy atom. The quantitative estimate of drug-likeness (QED) is 0.526. The van der Waals surface area contributed by atoms with Crippen molar-refractivity contribution in [2.75, 3.05) is 31.6 Å². The Morgan fingerprint density at radius 1 is 0.923 bits per heavy atom. The van der Waals surface area contributed by atoms with Gasteiger partial charge in [0.1, 0.15) is 5.82 Å². The number of nitrogens with zero attached hydrogens (tertiary/aromatic N) is 3. The summed E-state index contributed by atoms with van der Waals surface area (Å²) in [5.41, 5.74) is 8.53. The van der Waals surface area contributed by atoms with Crippen molar-refractivity contribution >= 4 is 23.5 Å². The summed E-state index contributed by atoms with van der Waals surface area (Å²) in [6.45, 7) is 6.51. The van der Waals surface area contributed by atoms with E-state index in [0.29, 0.717) is 34.2 Å². The fourth-order valence-electron chi connectivity index (χ4n) is 6.72. The molecule has 2 saturated heterocycles. The second kappa shape index (κ2) is 11.3. The third kappa shape index (κ3) is 5.93. The number of likely N-dealkylation sites (N-methyl/N-ethyl adjacent to an activating group) is 1. The van der Waals surface area contributed by atoms with Crippen molar-refractivity contribution in [2.24, 2.45) is 11.7 Å². The zero-order valence-electron chi connectivity index (χ0n) is 23.2. The van der Waals surface area contributed by atoms with Crippen LogP contribution in [0.25, 0.3) is 0 Å². The number of anilines is 1. The van der Waals surface area contributed by atoms with Gasteiger partial charge in [-0.2, -0.15) is 0 Å². The maximum Gasteiger partial charge on any atom is 0.253 e. The molecular weight excluding hydrogens is 492 g/mol. The first kappa shape index (κ1) is 27.1. The highest BCUT2D eigenvalue weighted by molar-refractivity contribution is 5.99. The molecule has 3 heterocycles. The van der Waals surface area contributed by atoms with Gasteiger partial charge in [0.05, 0.1) is 5.56 Å². The largest absolute Gasteiger partial charge is 0.366 e. The van der Waals surface area contributed by atoms with Crippen LogP contribution in [-0.4, -0.2) is 72.4 Å². The smallest absolute Gasteiger partial charge is 0.253 e. The van der Waals surface area contributed by atoms with Crippen molar-refractivity contribution in [2.45, 2.75) is 70.5 Å². The van der Waals surface area contributed by atoms with Crippen molar-refractivity contribution in [3.8, 4) is 0 Å². The number of hydrogen-bond donors (Lipinski definition) is 3. The number of carbonyl (C=O) groups excluding carboxylic acids is 3. The van der Waals surface area contributed by atoms with E-state index in [0.717, 1.165) is 69.5 Å². The van der Waals surface area contributed by atoms with E-state index in [1.165, 1.54) is 0 Å². The van der Waals surface area contributed by atoms with Crippen LogP contribution in [0.15, 0.2) is 30.5 Å². The number of likely N-dealkylation sites (tertiary alicyclic amines) is 1. The zero-order chi connectivity index (χ0) is 27.7. The van der Waals surface area contributed by atoms with E-state index in [-0.39, 0.29) is 23.9 Å². The highest BCUT2D eigenvalue weighted by Crippen LogP contribution is 2.39. The maximum atomic E-state index is 13.2. The molecular formula is C30H40N6O3. The Morgan fingerprint density at radius 3 is 2.36 bits per heavy atom. The van der Waals surface area contributed by atoms with Gasteiger partial charge >= 0.3 is 0 Å². The van der Waals surface area contributed by atoms with Crippen molar-refractivity contribution in [1.29, 1.82) is 0 Å². The number of benzene rings is 1. The summed E-state index contributed by atoms with van der Waals surface area (Å²) in [5, 5.41) is 6.41. The number of piperidine rings is 2. The summed E-state index contributed by atoms with van der Waals surface area (Å²) < 4.78 is 0. The SMILES string of the molecule is Cc1cc(C(=O)NC2CC3CCCN(c4ccc(C(=O)N[C@H]5CCCN(C)C5)cn4)C3C2)c(C)cc1C(N)=O. The first-order valence-corrected chi connectivity index (χ1v) is 14.1. The molecule has 2 aliphatic heterocycles. The molecule has 0 radical (unpaired) electrons. The number of amides is 3. The number of carbonyl (C=O) groups is 3. The van der Waals surface area contributed by atoms with Gasteiger partial charge in [0, 0.05) is 48.5 Å². The number of primary amides is 1. The van der Waals surface area contributed by atoms with Crippen LogP contribution in [0.4, 0.5) is 5.82 Å². The lowest BCUT2D eigenvalue weighted by Crippen LogP contribution is -2.46. The van der Waals surface area contributed by atoms with E-state index in [4.69, 9.17) is 10.7 Å². The number of aromatic nitrogens is 1. The predicted molar refractivity (Wildman–Crippen MR) is 151 cm³/mol. The first-order valence-electron chi connectivity index (χ1n) is 14.1. The third-order valence-corrected chi connectivity index (χ3v) is 8.71. The topological polar surface area (TPSA) is 121 Å². The van der Waals surface area contributed by atoms with Gasteiger partial charge in [-0.25, -0.2) is 4.98 Å². The van der Waals surface area contributed by atoms with E-state index in [2.05, 4.69) is 27.5 Å². The van der Waals surface area contributed by atoms with Crippen LogP contribution in [0.5, 0.6) is 0 Å². The molecule has 9 heteroatoms.